The van der Waals surface area contributed by atoms with Gasteiger partial charge < -0.3 is 10.2 Å². The van der Waals surface area contributed by atoms with Gasteiger partial charge in [0, 0.05) is 0 Å². The van der Waals surface area contributed by atoms with E-state index in [0.29, 0.717) is 5.56 Å². The summed E-state index contributed by atoms with van der Waals surface area (Å²) in [5, 5.41) is 36.2. The van der Waals surface area contributed by atoms with Gasteiger partial charge in [-0.25, -0.2) is 0 Å². The molecule has 0 atom stereocenters. The highest BCUT2D eigenvalue weighted by Crippen LogP contribution is 2.22. The van der Waals surface area contributed by atoms with Crippen molar-refractivity contribution in [2.45, 2.75) is 0 Å². The smallest absolute Gasteiger partial charge is 0.108 e. The summed E-state index contributed by atoms with van der Waals surface area (Å²) in [6.07, 6.45) is 2.28. The van der Waals surface area contributed by atoms with Crippen molar-refractivity contribution in [1.29, 1.82) is 0 Å². The quantitative estimate of drug-likeness (QED) is 0.580. The highest BCUT2D eigenvalue weighted by Gasteiger charge is 1.91. The van der Waals surface area contributed by atoms with Gasteiger partial charge >= 0.3 is 0 Å². The van der Waals surface area contributed by atoms with Crippen LogP contribution in [-0.4, -0.2) is 20.7 Å². The molecular weight excluding hydrogens is 174 g/mol. The van der Waals surface area contributed by atoms with E-state index in [2.05, 4.69) is 0 Å². The maximum Gasteiger partial charge on any atom is 0.108 e. The molecule has 3 N–H and O–H groups in total. The van der Waals surface area contributed by atoms with E-state index < -0.39 is 5.75 Å². The van der Waals surface area contributed by atoms with Crippen LogP contribution in [0.1, 0.15) is 5.56 Å². The standard InChI is InChI=1S/C8H9NO4/c10-7-2-1-6(5-8(7)11)3-4-9(12)13/h1-5,10-13H/p-1. The van der Waals surface area contributed by atoms with Gasteiger partial charge in [0.25, 0.3) is 0 Å². The van der Waals surface area contributed by atoms with Crippen molar-refractivity contribution in [2.24, 2.45) is 0 Å². The van der Waals surface area contributed by atoms with E-state index in [-0.39, 0.29) is 11.0 Å². The van der Waals surface area contributed by atoms with Crippen LogP contribution in [0.4, 0.5) is 0 Å². The first-order chi connectivity index (χ1) is 6.09. The highest BCUT2D eigenvalue weighted by molar-refractivity contribution is 5.54. The van der Waals surface area contributed by atoms with Crippen molar-refractivity contribution in [3.63, 3.8) is 0 Å². The summed E-state index contributed by atoms with van der Waals surface area (Å²) in [5.41, 5.74) is 0.491. The van der Waals surface area contributed by atoms with Crippen LogP contribution in [-0.2, 0) is 0 Å². The first-order valence-electron chi connectivity index (χ1n) is 3.45. The van der Waals surface area contributed by atoms with Crippen LogP contribution in [0.5, 0.6) is 11.5 Å². The largest absolute Gasteiger partial charge is 0.870 e. The van der Waals surface area contributed by atoms with E-state index in [1.54, 1.807) is 0 Å². The Labute approximate surface area is 74.3 Å². The van der Waals surface area contributed by atoms with Gasteiger partial charge in [0.1, 0.15) is 5.75 Å². The molecule has 1 aromatic carbocycles. The molecule has 0 saturated heterocycles. The number of hydrogen-bond donors (Lipinski definition) is 3. The summed E-state index contributed by atoms with van der Waals surface area (Å²) in [6.45, 7) is 0. The number of rotatable bonds is 2. The van der Waals surface area contributed by atoms with Crippen molar-refractivity contribution in [3.8, 4) is 11.5 Å². The van der Waals surface area contributed by atoms with Crippen LogP contribution in [0.2, 0.25) is 0 Å². The van der Waals surface area contributed by atoms with Crippen molar-refractivity contribution in [2.75, 3.05) is 0 Å². The molecule has 0 radical (unpaired) electrons. The Balaban J connectivity index is 2.85. The fraction of sp³-hybridized carbons (Fsp3) is 0. The van der Waals surface area contributed by atoms with Crippen molar-refractivity contribution in [1.82, 2.24) is 5.23 Å². The van der Waals surface area contributed by atoms with Crippen molar-refractivity contribution >= 4 is 6.08 Å². The lowest BCUT2D eigenvalue weighted by molar-refractivity contribution is -0.270. The minimum absolute atomic E-state index is 0.123. The Bertz CT molecular complexity index is 322. The third kappa shape index (κ3) is 2.66. The van der Waals surface area contributed by atoms with Gasteiger partial charge in [-0.2, -0.15) is 0 Å². The lowest BCUT2D eigenvalue weighted by Crippen LogP contribution is -2.02. The molecule has 1 aromatic rings. The van der Waals surface area contributed by atoms with Gasteiger partial charge in [-0.1, -0.05) is 17.9 Å². The van der Waals surface area contributed by atoms with E-state index in [9.17, 15) is 5.11 Å². The van der Waals surface area contributed by atoms with Gasteiger partial charge in [0.15, 0.2) is 0 Å². The zero-order valence-corrected chi connectivity index (χ0v) is 6.58. The first kappa shape index (κ1) is 9.37. The maximum atomic E-state index is 10.7. The minimum Gasteiger partial charge on any atom is -0.870 e. The van der Waals surface area contributed by atoms with Crippen LogP contribution in [0.15, 0.2) is 24.4 Å². The summed E-state index contributed by atoms with van der Waals surface area (Å²) in [4.78, 5) is 0. The average molecular weight is 182 g/mol. The lowest BCUT2D eigenvalue weighted by atomic mass is 10.2. The molecule has 5 nitrogen and oxygen atoms in total. The molecule has 0 aliphatic rings. The molecule has 0 heterocycles. The fourth-order valence-corrected chi connectivity index (χ4v) is 0.791. The second-order valence-corrected chi connectivity index (χ2v) is 2.36. The zero-order chi connectivity index (χ0) is 9.84. The Hall–Kier alpha value is -1.72. The van der Waals surface area contributed by atoms with Gasteiger partial charge in [0.2, 0.25) is 0 Å². The SMILES string of the molecule is [O-]c1ccc(C=CN(O)O)cc1O. The number of phenolic OH excluding ortho intramolecular Hbond substituents is 1. The average Bonchev–Trinajstić information content (AvgIpc) is 2.07. The Morgan fingerprint density at radius 2 is 2.00 bits per heavy atom. The number of benzene rings is 1. The van der Waals surface area contributed by atoms with Crippen LogP contribution >= 0.6 is 0 Å². The second-order valence-electron chi connectivity index (χ2n) is 2.36. The van der Waals surface area contributed by atoms with Gasteiger partial charge in [0.05, 0.1) is 6.20 Å². The van der Waals surface area contributed by atoms with Gasteiger partial charge in [-0.3, -0.25) is 10.4 Å². The first-order valence-corrected chi connectivity index (χ1v) is 3.45. The summed E-state index contributed by atoms with van der Waals surface area (Å²) in [5.74, 6) is -0.841. The summed E-state index contributed by atoms with van der Waals surface area (Å²) >= 11 is 0. The number of phenols is 1. The number of hydroxylamine groups is 2. The number of aromatic hydroxyl groups is 1. The highest BCUT2D eigenvalue weighted by atomic mass is 16.8. The topological polar surface area (TPSA) is 87.0 Å². The van der Waals surface area contributed by atoms with Gasteiger partial charge in [-0.15, -0.1) is 5.23 Å². The van der Waals surface area contributed by atoms with Crippen molar-refractivity contribution < 1.29 is 20.6 Å². The predicted molar refractivity (Wildman–Crippen MR) is 42.0 cm³/mol. The van der Waals surface area contributed by atoms with E-state index in [0.717, 1.165) is 6.20 Å². The lowest BCUT2D eigenvalue weighted by Gasteiger charge is -2.08. The van der Waals surface area contributed by atoms with Crippen LogP contribution in [0.25, 0.3) is 6.08 Å². The molecule has 0 amide bonds. The predicted octanol–water partition coefficient (Wildman–Crippen LogP) is 0.517. The number of nitrogens with zero attached hydrogens (tertiary/aromatic N) is 1. The molecule has 0 aliphatic heterocycles. The molecule has 0 saturated carbocycles. The normalized spacial score (nSPS) is 10.6. The van der Waals surface area contributed by atoms with E-state index >= 15 is 0 Å². The summed E-state index contributed by atoms with van der Waals surface area (Å²) in [7, 11) is 0. The molecule has 70 valence electrons. The molecule has 13 heavy (non-hydrogen) atoms. The van der Waals surface area contributed by atoms with Crippen LogP contribution in [0, 0.1) is 0 Å². The minimum atomic E-state index is -0.470. The third-order valence-electron chi connectivity index (χ3n) is 1.38. The Kier molecular flexibility index (Phi) is 2.73. The zero-order valence-electron chi connectivity index (χ0n) is 6.58. The fourth-order valence-electron chi connectivity index (χ4n) is 0.791. The number of hydrogen-bond acceptors (Lipinski definition) is 5. The Morgan fingerprint density at radius 1 is 1.31 bits per heavy atom. The monoisotopic (exact) mass is 182 g/mol. The van der Waals surface area contributed by atoms with Gasteiger partial charge in [-0.05, 0) is 17.7 Å². The molecule has 0 fully saturated rings. The summed E-state index contributed by atoms with van der Waals surface area (Å²) in [6, 6.07) is 3.86. The third-order valence-corrected chi connectivity index (χ3v) is 1.38. The van der Waals surface area contributed by atoms with E-state index in [1.807, 2.05) is 0 Å². The van der Waals surface area contributed by atoms with E-state index in [4.69, 9.17) is 15.5 Å². The second kappa shape index (κ2) is 3.79. The summed E-state index contributed by atoms with van der Waals surface area (Å²) < 4.78 is 0. The molecule has 5 heteroatoms. The van der Waals surface area contributed by atoms with Crippen molar-refractivity contribution in [3.05, 3.63) is 30.0 Å². The van der Waals surface area contributed by atoms with Crippen LogP contribution < -0.4 is 5.11 Å². The molecule has 0 aromatic heterocycles. The molecular formula is C8H8NO4-. The maximum absolute atomic E-state index is 10.7. The molecule has 1 rings (SSSR count). The van der Waals surface area contributed by atoms with E-state index in [1.165, 1.54) is 24.3 Å². The molecule has 0 unspecified atom stereocenters. The van der Waals surface area contributed by atoms with Crippen LogP contribution in [0.3, 0.4) is 0 Å². The molecule has 0 aliphatic carbocycles. The Morgan fingerprint density at radius 3 is 2.54 bits per heavy atom. The molecule has 0 bridgehead atoms. The molecule has 0 spiro atoms.